The summed E-state index contributed by atoms with van der Waals surface area (Å²) in [6.45, 7) is 0. The lowest BCUT2D eigenvalue weighted by Gasteiger charge is -2.12. The minimum atomic E-state index is -3.37. The maximum atomic E-state index is 13.7. The highest BCUT2D eigenvalue weighted by Gasteiger charge is 2.37. The molecule has 7 nitrogen and oxygen atoms in total. The second kappa shape index (κ2) is 8.93. The number of rotatable bonds is 7. The number of allylic oxidation sites excluding steroid dienone is 1. The highest BCUT2D eigenvalue weighted by molar-refractivity contribution is 7.92. The summed E-state index contributed by atoms with van der Waals surface area (Å²) in [5.41, 5.74) is 0.626. The van der Waals surface area contributed by atoms with Crippen LogP contribution in [0.5, 0.6) is 5.88 Å². The van der Waals surface area contributed by atoms with E-state index in [1.807, 2.05) is 0 Å². The van der Waals surface area contributed by atoms with Crippen LogP contribution in [-0.2, 0) is 14.6 Å². The summed E-state index contributed by atoms with van der Waals surface area (Å²) in [6, 6.07) is 5.99. The molecular weight excluding hydrogens is 440 g/mol. The Morgan fingerprint density at radius 3 is 2.28 bits per heavy atom. The zero-order valence-corrected chi connectivity index (χ0v) is 18.2. The van der Waals surface area contributed by atoms with Gasteiger partial charge in [0.1, 0.15) is 12.3 Å². The van der Waals surface area contributed by atoms with Gasteiger partial charge in [-0.15, -0.1) is 0 Å². The van der Waals surface area contributed by atoms with E-state index in [-0.39, 0.29) is 40.3 Å². The molecule has 0 radical (unpaired) electrons. The van der Waals surface area contributed by atoms with Crippen molar-refractivity contribution in [3.8, 4) is 5.88 Å². The third-order valence-electron chi connectivity index (χ3n) is 5.63. The summed E-state index contributed by atoms with van der Waals surface area (Å²) in [4.78, 5) is 21.3. The lowest BCUT2D eigenvalue weighted by Crippen LogP contribution is -2.16. The maximum absolute atomic E-state index is 13.7. The molecular formula is C22H23F2N3O4S. The fourth-order valence-electron chi connectivity index (χ4n) is 3.71. The lowest BCUT2D eigenvalue weighted by molar-refractivity contribution is -0.111. The highest BCUT2D eigenvalue weighted by Crippen LogP contribution is 2.36. The van der Waals surface area contributed by atoms with Crippen LogP contribution < -0.4 is 10.1 Å². The molecule has 170 valence electrons. The quantitative estimate of drug-likeness (QED) is 0.631. The molecule has 2 saturated carbocycles. The van der Waals surface area contributed by atoms with Gasteiger partial charge in [-0.3, -0.25) is 4.79 Å². The van der Waals surface area contributed by atoms with Crippen LogP contribution in [0, 0.1) is 5.92 Å². The summed E-state index contributed by atoms with van der Waals surface area (Å²) in [7, 11) is -1.93. The number of alkyl halides is 2. The lowest BCUT2D eigenvalue weighted by atomic mass is 9.98. The normalized spacial score (nSPS) is 23.7. The van der Waals surface area contributed by atoms with Crippen molar-refractivity contribution in [3.63, 3.8) is 0 Å². The minimum absolute atomic E-state index is 0.0194. The number of hydrogen-bond donors (Lipinski definition) is 1. The maximum Gasteiger partial charge on any atom is 0.257 e. The van der Waals surface area contributed by atoms with Crippen molar-refractivity contribution < 1.29 is 26.7 Å². The molecule has 2 aliphatic rings. The van der Waals surface area contributed by atoms with Crippen molar-refractivity contribution in [2.75, 3.05) is 12.4 Å². The number of hydrogen-bond acceptors (Lipinski definition) is 6. The molecule has 32 heavy (non-hydrogen) atoms. The minimum Gasteiger partial charge on any atom is -0.480 e. The fraction of sp³-hybridized carbons (Fsp3) is 0.409. The zero-order chi connectivity index (χ0) is 22.9. The second-order valence-corrected chi connectivity index (χ2v) is 10.2. The van der Waals surface area contributed by atoms with Gasteiger partial charge in [0.15, 0.2) is 15.7 Å². The number of sulfone groups is 1. The first-order valence-electron chi connectivity index (χ1n) is 10.3. The van der Waals surface area contributed by atoms with E-state index in [0.717, 1.165) is 0 Å². The van der Waals surface area contributed by atoms with Crippen molar-refractivity contribution in [2.24, 2.45) is 5.92 Å². The third kappa shape index (κ3) is 4.79. The van der Waals surface area contributed by atoms with Gasteiger partial charge in [0.2, 0.25) is 5.88 Å². The number of carbonyl (C=O) groups excluding carboxylic acids is 1. The molecule has 1 amide bonds. The van der Waals surface area contributed by atoms with Crippen LogP contribution in [0.3, 0.4) is 0 Å². The number of nitrogens with one attached hydrogen (secondary N) is 1. The molecule has 3 atom stereocenters. The van der Waals surface area contributed by atoms with E-state index in [1.54, 1.807) is 6.08 Å². The Labute approximate surface area is 184 Å². The van der Waals surface area contributed by atoms with E-state index < -0.39 is 34.0 Å². The summed E-state index contributed by atoms with van der Waals surface area (Å²) in [5.74, 6) is -0.550. The monoisotopic (exact) mass is 463 g/mol. The summed E-state index contributed by atoms with van der Waals surface area (Å²) in [5, 5.41) is 2.27. The van der Waals surface area contributed by atoms with Crippen LogP contribution >= 0.6 is 0 Å². The van der Waals surface area contributed by atoms with Gasteiger partial charge >= 0.3 is 0 Å². The number of benzene rings is 1. The van der Waals surface area contributed by atoms with Crippen LogP contribution in [0.1, 0.15) is 31.2 Å². The average Bonchev–Trinajstić information content (AvgIpc) is 3.59. The Morgan fingerprint density at radius 1 is 1.09 bits per heavy atom. The SMILES string of the molecule is COc1cnc(NC(=O)C(=CC2C[C@@H](F)[C@@H](F)C2)c2ccc(S(=O)(=O)C3CC3)cc2)cn1. The van der Waals surface area contributed by atoms with Crippen molar-refractivity contribution >= 4 is 27.1 Å². The van der Waals surface area contributed by atoms with Gasteiger partial charge in [0.25, 0.3) is 5.91 Å². The Bertz CT molecular complexity index is 1110. The molecule has 0 bridgehead atoms. The number of anilines is 1. The van der Waals surface area contributed by atoms with Crippen molar-refractivity contribution in [3.05, 3.63) is 48.3 Å². The highest BCUT2D eigenvalue weighted by atomic mass is 32.2. The predicted molar refractivity (Wildman–Crippen MR) is 114 cm³/mol. The molecule has 1 heterocycles. The third-order valence-corrected chi connectivity index (χ3v) is 7.91. The molecule has 2 aliphatic carbocycles. The van der Waals surface area contributed by atoms with Crippen molar-refractivity contribution in [1.82, 2.24) is 9.97 Å². The number of ether oxygens (including phenoxy) is 1. The van der Waals surface area contributed by atoms with Crippen LogP contribution in [0.4, 0.5) is 14.6 Å². The molecule has 0 aliphatic heterocycles. The number of aromatic nitrogens is 2. The molecule has 1 aromatic carbocycles. The van der Waals surface area contributed by atoms with Gasteiger partial charge < -0.3 is 10.1 Å². The number of amides is 1. The molecule has 0 saturated heterocycles. The summed E-state index contributed by atoms with van der Waals surface area (Å²) < 4.78 is 57.3. The van der Waals surface area contributed by atoms with Gasteiger partial charge in [0.05, 0.1) is 29.6 Å². The first-order chi connectivity index (χ1) is 15.3. The summed E-state index contributed by atoms with van der Waals surface area (Å²) >= 11 is 0. The molecule has 2 fully saturated rings. The smallest absolute Gasteiger partial charge is 0.257 e. The van der Waals surface area contributed by atoms with E-state index >= 15 is 0 Å². The van der Waals surface area contributed by atoms with Gasteiger partial charge in [-0.2, -0.15) is 0 Å². The van der Waals surface area contributed by atoms with Crippen molar-refractivity contribution in [2.45, 2.75) is 48.2 Å². The van der Waals surface area contributed by atoms with Crippen LogP contribution in [0.25, 0.3) is 5.57 Å². The number of halogens is 2. The first kappa shape index (κ1) is 22.3. The van der Waals surface area contributed by atoms with Gasteiger partial charge in [0, 0.05) is 5.57 Å². The van der Waals surface area contributed by atoms with E-state index in [9.17, 15) is 22.0 Å². The molecule has 0 spiro atoms. The molecule has 1 N–H and O–H groups in total. The van der Waals surface area contributed by atoms with E-state index in [2.05, 4.69) is 15.3 Å². The summed E-state index contributed by atoms with van der Waals surface area (Å²) in [6.07, 6.45) is 2.33. The number of nitrogens with zero attached hydrogens (tertiary/aromatic N) is 2. The molecule has 1 unspecified atom stereocenters. The Balaban J connectivity index is 1.62. The zero-order valence-electron chi connectivity index (χ0n) is 17.4. The van der Waals surface area contributed by atoms with E-state index in [0.29, 0.717) is 18.4 Å². The second-order valence-electron chi connectivity index (χ2n) is 8.01. The first-order valence-corrected chi connectivity index (χ1v) is 11.8. The standard InChI is InChI=1S/C22H23F2N3O4S/c1-31-21-12-25-20(11-26-21)27-22(28)17(8-13-9-18(23)19(24)10-13)14-2-4-15(5-3-14)32(29,30)16-6-7-16/h2-5,8,11-13,16,18-19H,6-7,9-10H2,1H3,(H,25,27,28)/t13?,18-,19+. The predicted octanol–water partition coefficient (Wildman–Crippen LogP) is 3.53. The van der Waals surface area contributed by atoms with E-state index in [4.69, 9.17) is 4.74 Å². The van der Waals surface area contributed by atoms with Gasteiger partial charge in [-0.1, -0.05) is 18.2 Å². The largest absolute Gasteiger partial charge is 0.480 e. The fourth-order valence-corrected chi connectivity index (χ4v) is 5.37. The molecule has 10 heteroatoms. The van der Waals surface area contributed by atoms with E-state index in [1.165, 1.54) is 43.8 Å². The van der Waals surface area contributed by atoms with Gasteiger partial charge in [-0.05, 0) is 49.3 Å². The topological polar surface area (TPSA) is 98.2 Å². The Morgan fingerprint density at radius 2 is 1.75 bits per heavy atom. The molecule has 1 aromatic heterocycles. The van der Waals surface area contributed by atoms with Gasteiger partial charge in [-0.25, -0.2) is 27.2 Å². The Kier molecular flexibility index (Phi) is 6.23. The van der Waals surface area contributed by atoms with Crippen LogP contribution in [0.15, 0.2) is 47.6 Å². The number of methoxy groups -OCH3 is 1. The van der Waals surface area contributed by atoms with Crippen molar-refractivity contribution in [1.29, 1.82) is 0 Å². The van der Waals surface area contributed by atoms with Crippen LogP contribution in [0.2, 0.25) is 0 Å². The van der Waals surface area contributed by atoms with Crippen LogP contribution in [-0.4, -0.2) is 49.0 Å². The average molecular weight is 464 g/mol. The number of carbonyl (C=O) groups is 1. The molecule has 4 rings (SSSR count). The Hall–Kier alpha value is -2.88. The molecule has 2 aromatic rings.